The fraction of sp³-hybridized carbons (Fsp3) is 0.462. The van der Waals surface area contributed by atoms with Gasteiger partial charge in [0.15, 0.2) is 0 Å². The number of anilines is 1. The number of sulfonamides is 1. The maximum Gasteiger partial charge on any atom is 0.244 e. The number of aryl methyl sites for hydroxylation is 1. The van der Waals surface area contributed by atoms with Gasteiger partial charge < -0.3 is 10.2 Å². The summed E-state index contributed by atoms with van der Waals surface area (Å²) in [4.78, 5) is 28.2. The van der Waals surface area contributed by atoms with Gasteiger partial charge in [-0.15, -0.1) is 0 Å². The van der Waals surface area contributed by atoms with Crippen LogP contribution in [-0.4, -0.2) is 50.0 Å². The molecular weight excluding hydrogens is 486 g/mol. The van der Waals surface area contributed by atoms with Crippen molar-refractivity contribution in [3.63, 3.8) is 0 Å². The van der Waals surface area contributed by atoms with Gasteiger partial charge in [0.1, 0.15) is 12.6 Å². The van der Waals surface area contributed by atoms with Gasteiger partial charge in [-0.05, 0) is 62.1 Å². The van der Waals surface area contributed by atoms with E-state index in [-0.39, 0.29) is 18.5 Å². The molecule has 1 atom stereocenters. The van der Waals surface area contributed by atoms with Gasteiger partial charge in [0.05, 0.1) is 11.9 Å². The molecule has 0 spiro atoms. The molecule has 190 valence electrons. The first-order valence-corrected chi connectivity index (χ1v) is 14.2. The summed E-state index contributed by atoms with van der Waals surface area (Å²) in [5.41, 5.74) is 2.22. The summed E-state index contributed by atoms with van der Waals surface area (Å²) < 4.78 is 26.2. The van der Waals surface area contributed by atoms with Crippen molar-refractivity contribution in [2.45, 2.75) is 64.6 Å². The minimum Gasteiger partial charge on any atom is -0.352 e. The van der Waals surface area contributed by atoms with Crippen molar-refractivity contribution >= 4 is 39.1 Å². The van der Waals surface area contributed by atoms with E-state index in [9.17, 15) is 18.0 Å². The summed E-state index contributed by atoms with van der Waals surface area (Å²) in [5, 5.41) is 3.56. The molecule has 0 aliphatic heterocycles. The lowest BCUT2D eigenvalue weighted by Crippen LogP contribution is -2.53. The van der Waals surface area contributed by atoms with Gasteiger partial charge in [0, 0.05) is 17.6 Å². The lowest BCUT2D eigenvalue weighted by Gasteiger charge is -2.33. The third kappa shape index (κ3) is 7.45. The molecule has 0 bridgehead atoms. The number of halogens is 1. The molecule has 9 heteroatoms. The molecule has 7 nitrogen and oxygen atoms in total. The highest BCUT2D eigenvalue weighted by Gasteiger charge is 2.31. The van der Waals surface area contributed by atoms with Crippen molar-refractivity contribution in [1.29, 1.82) is 0 Å². The molecule has 1 fully saturated rings. The summed E-state index contributed by atoms with van der Waals surface area (Å²) in [7, 11) is -3.77. The number of hydrogen-bond acceptors (Lipinski definition) is 4. The third-order valence-corrected chi connectivity index (χ3v) is 7.91. The summed E-state index contributed by atoms with van der Waals surface area (Å²) in [6.07, 6.45) is 6.25. The zero-order valence-electron chi connectivity index (χ0n) is 20.5. The molecule has 1 aliphatic carbocycles. The Morgan fingerprint density at radius 1 is 1.06 bits per heavy atom. The van der Waals surface area contributed by atoms with Crippen LogP contribution in [0, 0.1) is 6.92 Å². The van der Waals surface area contributed by atoms with Crippen molar-refractivity contribution in [1.82, 2.24) is 10.2 Å². The minimum atomic E-state index is -3.77. The molecule has 1 N–H and O–H groups in total. The van der Waals surface area contributed by atoms with Crippen LogP contribution in [0.25, 0.3) is 0 Å². The van der Waals surface area contributed by atoms with E-state index >= 15 is 0 Å². The second-order valence-corrected chi connectivity index (χ2v) is 11.6. The van der Waals surface area contributed by atoms with Crippen molar-refractivity contribution in [3.8, 4) is 0 Å². The molecule has 0 saturated heterocycles. The Bertz CT molecular complexity index is 1130. The van der Waals surface area contributed by atoms with Crippen molar-refractivity contribution in [3.05, 3.63) is 64.7 Å². The van der Waals surface area contributed by atoms with E-state index < -0.39 is 28.5 Å². The molecule has 0 radical (unpaired) electrons. The number of benzene rings is 2. The fourth-order valence-corrected chi connectivity index (χ4v) is 5.32. The largest absolute Gasteiger partial charge is 0.352 e. The zero-order chi connectivity index (χ0) is 25.6. The maximum absolute atomic E-state index is 13.6. The molecule has 0 aromatic heterocycles. The summed E-state index contributed by atoms with van der Waals surface area (Å²) >= 11 is 5.96. The Hall–Kier alpha value is -2.58. The van der Waals surface area contributed by atoms with E-state index in [2.05, 4.69) is 5.32 Å². The van der Waals surface area contributed by atoms with Gasteiger partial charge in [-0.25, -0.2) is 8.42 Å². The summed E-state index contributed by atoms with van der Waals surface area (Å²) in [5.74, 6) is -0.684. The van der Waals surface area contributed by atoms with E-state index in [1.54, 1.807) is 31.2 Å². The van der Waals surface area contributed by atoms with Crippen LogP contribution in [0.5, 0.6) is 0 Å². The Morgan fingerprint density at radius 2 is 1.69 bits per heavy atom. The Labute approximate surface area is 213 Å². The Balaban J connectivity index is 1.87. The first kappa shape index (κ1) is 27.0. The number of carbonyl (C=O) groups is 2. The van der Waals surface area contributed by atoms with Crippen molar-refractivity contribution < 1.29 is 18.0 Å². The molecule has 1 saturated carbocycles. The molecule has 0 heterocycles. The van der Waals surface area contributed by atoms with Gasteiger partial charge >= 0.3 is 0 Å². The van der Waals surface area contributed by atoms with Crippen LogP contribution < -0.4 is 9.62 Å². The first-order valence-electron chi connectivity index (χ1n) is 11.9. The molecule has 2 aromatic rings. The molecule has 0 unspecified atom stereocenters. The third-order valence-electron chi connectivity index (χ3n) is 6.51. The Morgan fingerprint density at radius 3 is 2.29 bits per heavy atom. The number of carbonyl (C=O) groups excluding carboxylic acids is 2. The van der Waals surface area contributed by atoms with Crippen molar-refractivity contribution in [2.75, 3.05) is 17.1 Å². The van der Waals surface area contributed by atoms with Crippen LogP contribution in [0.4, 0.5) is 5.69 Å². The minimum absolute atomic E-state index is 0.107. The molecule has 1 aliphatic rings. The van der Waals surface area contributed by atoms with Gasteiger partial charge in [0.25, 0.3) is 0 Å². The van der Waals surface area contributed by atoms with Crippen LogP contribution in [0.2, 0.25) is 5.02 Å². The van der Waals surface area contributed by atoms with E-state index in [1.807, 2.05) is 31.2 Å². The Kier molecular flexibility index (Phi) is 9.19. The number of nitrogens with zero attached hydrogens (tertiary/aromatic N) is 2. The lowest BCUT2D eigenvalue weighted by molar-refractivity contribution is -0.139. The fourth-order valence-electron chi connectivity index (χ4n) is 4.34. The van der Waals surface area contributed by atoms with E-state index in [1.165, 1.54) is 11.3 Å². The second-order valence-electron chi connectivity index (χ2n) is 9.21. The predicted molar refractivity (Wildman–Crippen MR) is 140 cm³/mol. The lowest BCUT2D eigenvalue weighted by atomic mass is 9.95. The number of rotatable bonds is 9. The number of nitrogens with one attached hydrogen (secondary N) is 1. The molecule has 2 aromatic carbocycles. The molecular formula is C26H34ClN3O4S. The van der Waals surface area contributed by atoms with Gasteiger partial charge in [-0.1, -0.05) is 55.1 Å². The highest BCUT2D eigenvalue weighted by Crippen LogP contribution is 2.22. The molecule has 2 amide bonds. The van der Waals surface area contributed by atoms with E-state index in [4.69, 9.17) is 11.6 Å². The highest BCUT2D eigenvalue weighted by atomic mass is 35.5. The second kappa shape index (κ2) is 11.9. The SMILES string of the molecule is Cc1ccccc1CN(C(=O)CN(c1ccc(Cl)cc1)S(C)(=O)=O)[C@H](C)C(=O)NC1CCCCC1. The zero-order valence-corrected chi connectivity index (χ0v) is 22.1. The summed E-state index contributed by atoms with van der Waals surface area (Å²) in [6, 6.07) is 13.3. The van der Waals surface area contributed by atoms with Crippen molar-refractivity contribution in [2.24, 2.45) is 0 Å². The average molecular weight is 520 g/mol. The molecule has 35 heavy (non-hydrogen) atoms. The monoisotopic (exact) mass is 519 g/mol. The molecule has 3 rings (SSSR count). The van der Waals surface area contributed by atoms with Crippen LogP contribution in [-0.2, 0) is 26.2 Å². The van der Waals surface area contributed by atoms with Crippen LogP contribution >= 0.6 is 11.6 Å². The van der Waals surface area contributed by atoms with Gasteiger partial charge in [0.2, 0.25) is 21.8 Å². The standard InChI is InChI=1S/C26H34ClN3O4S/c1-19-9-7-8-10-21(19)17-29(20(2)26(32)28-23-11-5-4-6-12-23)25(31)18-30(35(3,33)34)24-15-13-22(27)14-16-24/h7-10,13-16,20,23H,4-6,11-12,17-18H2,1-3H3,(H,28,32)/t20-/m1/s1. The first-order chi connectivity index (χ1) is 16.6. The van der Waals surface area contributed by atoms with Crippen LogP contribution in [0.15, 0.2) is 48.5 Å². The van der Waals surface area contributed by atoms with E-state index in [0.29, 0.717) is 10.7 Å². The number of hydrogen-bond donors (Lipinski definition) is 1. The van der Waals surface area contributed by atoms with E-state index in [0.717, 1.165) is 47.4 Å². The topological polar surface area (TPSA) is 86.8 Å². The predicted octanol–water partition coefficient (Wildman–Crippen LogP) is 4.28. The highest BCUT2D eigenvalue weighted by molar-refractivity contribution is 7.92. The van der Waals surface area contributed by atoms with Crippen LogP contribution in [0.3, 0.4) is 0 Å². The maximum atomic E-state index is 13.6. The van der Waals surface area contributed by atoms with Gasteiger partial charge in [-0.2, -0.15) is 0 Å². The normalized spacial score (nSPS) is 15.3. The quantitative estimate of drug-likeness (QED) is 0.535. The van der Waals surface area contributed by atoms with Crippen LogP contribution in [0.1, 0.15) is 50.2 Å². The smallest absolute Gasteiger partial charge is 0.244 e. The number of amides is 2. The van der Waals surface area contributed by atoms with Gasteiger partial charge in [-0.3, -0.25) is 13.9 Å². The summed E-state index contributed by atoms with van der Waals surface area (Å²) in [6.45, 7) is 3.42. The average Bonchev–Trinajstić information content (AvgIpc) is 2.82.